The normalized spacial score (nSPS) is 21.8. The number of rotatable bonds is 5. The second-order valence-corrected chi connectivity index (χ2v) is 5.65. The maximum Gasteiger partial charge on any atom is 0.305 e. The molecule has 0 saturated carbocycles. The highest BCUT2D eigenvalue weighted by Crippen LogP contribution is 2.26. The molecular formula is C16H21NO4. The Kier molecular flexibility index (Phi) is 4.41. The first-order valence-corrected chi connectivity index (χ1v) is 7.50. The van der Waals surface area contributed by atoms with E-state index in [-0.39, 0.29) is 12.5 Å². The Bertz CT molecular complexity index is 517. The molecular weight excluding hydrogens is 270 g/mol. The molecule has 1 N–H and O–H groups in total. The van der Waals surface area contributed by atoms with Crippen LogP contribution in [0.1, 0.15) is 17.5 Å². The minimum Gasteiger partial charge on any atom is -0.493 e. The highest BCUT2D eigenvalue weighted by atomic mass is 16.5. The highest BCUT2D eigenvalue weighted by molar-refractivity contribution is 5.67. The topological polar surface area (TPSA) is 59.0 Å². The van der Waals surface area contributed by atoms with Gasteiger partial charge in [0.25, 0.3) is 0 Å². The third-order valence-corrected chi connectivity index (χ3v) is 4.20. The van der Waals surface area contributed by atoms with E-state index in [4.69, 9.17) is 14.6 Å². The van der Waals surface area contributed by atoms with Gasteiger partial charge in [-0.15, -0.1) is 0 Å². The molecule has 0 bridgehead atoms. The second-order valence-electron chi connectivity index (χ2n) is 5.65. The van der Waals surface area contributed by atoms with Crippen LogP contribution < -0.4 is 4.74 Å². The molecule has 1 unspecified atom stereocenters. The summed E-state index contributed by atoms with van der Waals surface area (Å²) in [5, 5.41) is 8.98. The summed E-state index contributed by atoms with van der Waals surface area (Å²) >= 11 is 0. The van der Waals surface area contributed by atoms with E-state index < -0.39 is 5.97 Å². The Balaban J connectivity index is 1.59. The van der Waals surface area contributed by atoms with Crippen molar-refractivity contribution in [2.24, 2.45) is 0 Å². The van der Waals surface area contributed by atoms with Crippen molar-refractivity contribution in [1.29, 1.82) is 0 Å². The fraction of sp³-hybridized carbons (Fsp3) is 0.562. The molecule has 2 aliphatic heterocycles. The minimum absolute atomic E-state index is 0.00555. The molecule has 0 aliphatic carbocycles. The molecule has 5 heteroatoms. The number of hydrogen-bond acceptors (Lipinski definition) is 4. The van der Waals surface area contributed by atoms with Gasteiger partial charge in [-0.05, 0) is 23.6 Å². The van der Waals surface area contributed by atoms with E-state index in [0.717, 1.165) is 38.3 Å². The first kappa shape index (κ1) is 14.4. The number of nitrogens with zero attached hydrogens (tertiary/aromatic N) is 1. The molecule has 0 spiro atoms. The number of hydrogen-bond donors (Lipinski definition) is 1. The number of benzene rings is 1. The van der Waals surface area contributed by atoms with Crippen LogP contribution in [0.2, 0.25) is 0 Å². The lowest BCUT2D eigenvalue weighted by molar-refractivity contribution is -0.140. The van der Waals surface area contributed by atoms with Crippen LogP contribution in [0.3, 0.4) is 0 Å². The van der Waals surface area contributed by atoms with Crippen molar-refractivity contribution in [3.63, 3.8) is 0 Å². The van der Waals surface area contributed by atoms with Crippen molar-refractivity contribution in [3.8, 4) is 5.75 Å². The lowest BCUT2D eigenvalue weighted by Gasteiger charge is -2.34. The Labute approximate surface area is 124 Å². The molecule has 1 saturated heterocycles. The van der Waals surface area contributed by atoms with Gasteiger partial charge >= 0.3 is 5.97 Å². The van der Waals surface area contributed by atoms with Crippen LogP contribution in [-0.2, 0) is 22.4 Å². The SMILES string of the molecule is O=C(O)CC1COCCN1CCc1ccc2c(c1)CCO2. The van der Waals surface area contributed by atoms with E-state index in [1.54, 1.807) is 0 Å². The number of fused-ring (bicyclic) bond motifs is 1. The summed E-state index contributed by atoms with van der Waals surface area (Å²) in [6.07, 6.45) is 2.07. The highest BCUT2D eigenvalue weighted by Gasteiger charge is 2.25. The Morgan fingerprint density at radius 1 is 1.38 bits per heavy atom. The van der Waals surface area contributed by atoms with Gasteiger partial charge < -0.3 is 14.6 Å². The fourth-order valence-corrected chi connectivity index (χ4v) is 3.04. The standard InChI is InChI=1S/C16H21NO4/c18-16(19)10-14-11-20-8-6-17(14)5-3-12-1-2-15-13(9-12)4-7-21-15/h1-2,9,14H,3-8,10-11H2,(H,18,19). The maximum atomic E-state index is 10.9. The van der Waals surface area contributed by atoms with Crippen LogP contribution in [-0.4, -0.2) is 54.9 Å². The molecule has 1 atom stereocenters. The van der Waals surface area contributed by atoms with Gasteiger partial charge in [-0.3, -0.25) is 9.69 Å². The third kappa shape index (κ3) is 3.54. The minimum atomic E-state index is -0.759. The second kappa shape index (κ2) is 6.45. The zero-order valence-corrected chi connectivity index (χ0v) is 12.1. The molecule has 21 heavy (non-hydrogen) atoms. The average Bonchev–Trinajstić information content (AvgIpc) is 2.93. The Morgan fingerprint density at radius 3 is 3.14 bits per heavy atom. The number of aliphatic carboxylic acids is 1. The number of ether oxygens (including phenoxy) is 2. The molecule has 3 rings (SSSR count). The predicted molar refractivity (Wildman–Crippen MR) is 77.8 cm³/mol. The van der Waals surface area contributed by atoms with Gasteiger partial charge in [0, 0.05) is 25.6 Å². The predicted octanol–water partition coefficient (Wildman–Crippen LogP) is 1.34. The van der Waals surface area contributed by atoms with Crippen LogP contribution in [0.25, 0.3) is 0 Å². The molecule has 2 aliphatic rings. The molecule has 1 aromatic rings. The molecule has 1 fully saturated rings. The Hall–Kier alpha value is -1.59. The summed E-state index contributed by atoms with van der Waals surface area (Å²) in [7, 11) is 0. The van der Waals surface area contributed by atoms with E-state index in [0.29, 0.717) is 13.2 Å². The van der Waals surface area contributed by atoms with Crippen molar-refractivity contribution < 1.29 is 19.4 Å². The molecule has 0 radical (unpaired) electrons. The summed E-state index contributed by atoms with van der Waals surface area (Å²) in [5.41, 5.74) is 2.58. The van der Waals surface area contributed by atoms with E-state index in [2.05, 4.69) is 17.0 Å². The first-order chi connectivity index (χ1) is 10.2. The van der Waals surface area contributed by atoms with Gasteiger partial charge in [0.15, 0.2) is 0 Å². The van der Waals surface area contributed by atoms with Gasteiger partial charge in [0.1, 0.15) is 5.75 Å². The van der Waals surface area contributed by atoms with Crippen molar-refractivity contribution in [1.82, 2.24) is 4.90 Å². The third-order valence-electron chi connectivity index (χ3n) is 4.20. The van der Waals surface area contributed by atoms with Crippen molar-refractivity contribution in [3.05, 3.63) is 29.3 Å². The quantitative estimate of drug-likeness (QED) is 0.887. The van der Waals surface area contributed by atoms with Crippen molar-refractivity contribution >= 4 is 5.97 Å². The van der Waals surface area contributed by atoms with Gasteiger partial charge in [-0.2, -0.15) is 0 Å². The first-order valence-electron chi connectivity index (χ1n) is 7.50. The number of carboxylic acid groups (broad SMARTS) is 1. The number of carbonyl (C=O) groups is 1. The Morgan fingerprint density at radius 2 is 2.29 bits per heavy atom. The summed E-state index contributed by atoms with van der Waals surface area (Å²) in [4.78, 5) is 13.2. The van der Waals surface area contributed by atoms with E-state index in [1.807, 2.05) is 6.07 Å². The summed E-state index contributed by atoms with van der Waals surface area (Å²) in [5.74, 6) is 0.249. The molecule has 114 valence electrons. The molecule has 0 amide bonds. The van der Waals surface area contributed by atoms with Crippen LogP contribution in [0.4, 0.5) is 0 Å². The zero-order chi connectivity index (χ0) is 14.7. The van der Waals surface area contributed by atoms with Crippen molar-refractivity contribution in [2.45, 2.75) is 25.3 Å². The molecule has 5 nitrogen and oxygen atoms in total. The van der Waals surface area contributed by atoms with E-state index >= 15 is 0 Å². The van der Waals surface area contributed by atoms with Gasteiger partial charge in [-0.1, -0.05) is 12.1 Å². The number of carboxylic acids is 1. The molecule has 0 aromatic heterocycles. The lowest BCUT2D eigenvalue weighted by atomic mass is 10.0. The van der Waals surface area contributed by atoms with Gasteiger partial charge in [0.2, 0.25) is 0 Å². The summed E-state index contributed by atoms with van der Waals surface area (Å²) in [6.45, 7) is 3.67. The molecule has 1 aromatic carbocycles. The van der Waals surface area contributed by atoms with Crippen LogP contribution in [0, 0.1) is 0 Å². The largest absolute Gasteiger partial charge is 0.493 e. The summed E-state index contributed by atoms with van der Waals surface area (Å²) in [6, 6.07) is 6.37. The van der Waals surface area contributed by atoms with Crippen LogP contribution >= 0.6 is 0 Å². The van der Waals surface area contributed by atoms with E-state index in [1.165, 1.54) is 11.1 Å². The van der Waals surface area contributed by atoms with Crippen molar-refractivity contribution in [2.75, 3.05) is 32.9 Å². The summed E-state index contributed by atoms with van der Waals surface area (Å²) < 4.78 is 10.9. The average molecular weight is 291 g/mol. The smallest absolute Gasteiger partial charge is 0.305 e. The van der Waals surface area contributed by atoms with Crippen LogP contribution in [0.5, 0.6) is 5.75 Å². The monoisotopic (exact) mass is 291 g/mol. The fourth-order valence-electron chi connectivity index (χ4n) is 3.04. The van der Waals surface area contributed by atoms with E-state index in [9.17, 15) is 4.79 Å². The van der Waals surface area contributed by atoms with Gasteiger partial charge in [0.05, 0.1) is 26.2 Å². The molecule has 2 heterocycles. The number of morpholine rings is 1. The van der Waals surface area contributed by atoms with Gasteiger partial charge in [-0.25, -0.2) is 0 Å². The lowest BCUT2D eigenvalue weighted by Crippen LogP contribution is -2.47. The van der Waals surface area contributed by atoms with Crippen LogP contribution in [0.15, 0.2) is 18.2 Å². The maximum absolute atomic E-state index is 10.9. The zero-order valence-electron chi connectivity index (χ0n) is 12.1.